The topological polar surface area (TPSA) is 78.6 Å². The number of nitrogens with one attached hydrogen (secondary N) is 1. The van der Waals surface area contributed by atoms with E-state index in [1.54, 1.807) is 24.5 Å². The lowest BCUT2D eigenvalue weighted by Gasteiger charge is -2.29. The van der Waals surface area contributed by atoms with Crippen LogP contribution in [0.2, 0.25) is 0 Å². The average Bonchev–Trinajstić information content (AvgIpc) is 3.64. The van der Waals surface area contributed by atoms with Gasteiger partial charge in [-0.3, -0.25) is 4.98 Å². The lowest BCUT2D eigenvalue weighted by Crippen LogP contribution is -2.43. The highest BCUT2D eigenvalue weighted by Crippen LogP contribution is 2.37. The van der Waals surface area contributed by atoms with Gasteiger partial charge >= 0.3 is 0 Å². The summed E-state index contributed by atoms with van der Waals surface area (Å²) in [7, 11) is 0. The first-order valence-electron chi connectivity index (χ1n) is 11.9. The fraction of sp³-hybridized carbons (Fsp3) is 0.179. The zero-order chi connectivity index (χ0) is 23.4. The second-order valence-electron chi connectivity index (χ2n) is 9.27. The molecule has 2 aromatic carbocycles. The minimum absolute atomic E-state index is 0.208. The van der Waals surface area contributed by atoms with Crippen LogP contribution in [0.3, 0.4) is 0 Å². The quantitative estimate of drug-likeness (QED) is 0.414. The monoisotopic (exact) mass is 460 g/mol. The molecule has 2 saturated heterocycles. The number of pyridine rings is 1. The van der Waals surface area contributed by atoms with Crippen molar-refractivity contribution in [2.24, 2.45) is 0 Å². The molecule has 5 aromatic rings. The van der Waals surface area contributed by atoms with Gasteiger partial charge in [-0.25, -0.2) is 9.50 Å². The molecule has 2 N–H and O–H groups in total. The molecule has 2 atom stereocenters. The van der Waals surface area contributed by atoms with E-state index in [0.717, 1.165) is 52.4 Å². The number of hydrogen-bond acceptors (Lipinski definition) is 6. The fourth-order valence-electron chi connectivity index (χ4n) is 5.50. The highest BCUT2D eigenvalue weighted by molar-refractivity contribution is 5.91. The fourth-order valence-corrected chi connectivity index (χ4v) is 5.50. The van der Waals surface area contributed by atoms with Crippen LogP contribution in [0.15, 0.2) is 85.3 Å². The minimum atomic E-state index is 0.208. The largest absolute Gasteiger partial charge is 0.508 e. The number of aromatic hydroxyl groups is 1. The number of anilines is 1. The molecule has 3 aromatic heterocycles. The van der Waals surface area contributed by atoms with Crippen LogP contribution in [0.25, 0.3) is 39.3 Å². The molecule has 5 heterocycles. The lowest BCUT2D eigenvalue weighted by atomic mass is 10.0. The van der Waals surface area contributed by atoms with Gasteiger partial charge in [-0.1, -0.05) is 24.3 Å². The maximum atomic E-state index is 10.2. The van der Waals surface area contributed by atoms with Gasteiger partial charge in [0.1, 0.15) is 11.4 Å². The van der Waals surface area contributed by atoms with E-state index in [4.69, 9.17) is 10.1 Å². The molecule has 7 heteroatoms. The Hall–Kier alpha value is -4.23. The summed E-state index contributed by atoms with van der Waals surface area (Å²) in [4.78, 5) is 11.4. The number of fused-ring (bicyclic) bond motifs is 3. The van der Waals surface area contributed by atoms with Crippen LogP contribution in [0.5, 0.6) is 5.75 Å². The number of phenols is 1. The third-order valence-electron chi connectivity index (χ3n) is 7.16. The molecule has 1 unspecified atom stereocenters. The molecule has 2 bridgehead atoms. The van der Waals surface area contributed by atoms with Gasteiger partial charge in [-0.05, 0) is 54.4 Å². The molecule has 0 saturated carbocycles. The smallest absolute Gasteiger partial charge is 0.164 e. The number of nitrogens with zero attached hydrogens (tertiary/aromatic N) is 5. The van der Waals surface area contributed by atoms with Crippen molar-refractivity contribution in [3.63, 3.8) is 0 Å². The van der Waals surface area contributed by atoms with E-state index in [0.29, 0.717) is 12.1 Å². The van der Waals surface area contributed by atoms with Gasteiger partial charge in [0.05, 0.1) is 11.3 Å². The molecule has 172 valence electrons. The SMILES string of the molecule is Oc1cccc(-c2c(-c3ccncc3)nn3c(-c4ccc(N5C[C@H]6CC5CN6)cc4)ccnc23)c1. The van der Waals surface area contributed by atoms with Gasteiger partial charge in [0.15, 0.2) is 5.65 Å². The van der Waals surface area contributed by atoms with Crippen LogP contribution in [-0.4, -0.2) is 49.9 Å². The summed E-state index contributed by atoms with van der Waals surface area (Å²) >= 11 is 0. The molecule has 0 spiro atoms. The van der Waals surface area contributed by atoms with Gasteiger partial charge in [-0.15, -0.1) is 0 Å². The number of benzene rings is 2. The first kappa shape index (κ1) is 20.2. The van der Waals surface area contributed by atoms with E-state index >= 15 is 0 Å². The molecule has 35 heavy (non-hydrogen) atoms. The van der Waals surface area contributed by atoms with Gasteiger partial charge in [-0.2, -0.15) is 5.10 Å². The van der Waals surface area contributed by atoms with E-state index in [-0.39, 0.29) is 5.75 Å². The Morgan fingerprint density at radius 3 is 2.49 bits per heavy atom. The van der Waals surface area contributed by atoms with Crippen LogP contribution >= 0.6 is 0 Å². The van der Waals surface area contributed by atoms with Gasteiger partial charge in [0.2, 0.25) is 0 Å². The van der Waals surface area contributed by atoms with Crippen LogP contribution in [-0.2, 0) is 0 Å². The zero-order valence-electron chi connectivity index (χ0n) is 19.0. The summed E-state index contributed by atoms with van der Waals surface area (Å²) in [5.74, 6) is 0.208. The van der Waals surface area contributed by atoms with E-state index < -0.39 is 0 Å². The zero-order valence-corrected chi connectivity index (χ0v) is 19.0. The summed E-state index contributed by atoms with van der Waals surface area (Å²) in [5.41, 5.74) is 7.55. The molecular formula is C28H24N6O. The van der Waals surface area contributed by atoms with Crippen molar-refractivity contribution >= 4 is 11.3 Å². The summed E-state index contributed by atoms with van der Waals surface area (Å²) in [5, 5.41) is 18.8. The molecule has 0 aliphatic carbocycles. The molecule has 0 radical (unpaired) electrons. The standard InChI is InChI=1S/C28H24N6O/c35-24-3-1-2-20(14-24)26-27(19-8-11-29-12-9-19)32-34-25(10-13-30-28(26)34)18-4-6-22(7-5-18)33-17-21-15-23(33)16-31-21/h1-14,21,23,31,35H,15-17H2/t21-,23?/m1/s1. The number of rotatable bonds is 4. The van der Waals surface area contributed by atoms with E-state index in [9.17, 15) is 5.11 Å². The molecule has 7 rings (SSSR count). The lowest BCUT2D eigenvalue weighted by molar-refractivity contribution is 0.475. The first-order chi connectivity index (χ1) is 17.2. The summed E-state index contributed by atoms with van der Waals surface area (Å²) in [6, 6.07) is 23.1. The summed E-state index contributed by atoms with van der Waals surface area (Å²) < 4.78 is 1.91. The Bertz CT molecular complexity index is 1530. The van der Waals surface area contributed by atoms with Crippen molar-refractivity contribution in [3.8, 4) is 39.4 Å². The second-order valence-corrected chi connectivity index (χ2v) is 9.27. The molecule has 2 fully saturated rings. The van der Waals surface area contributed by atoms with Crippen LogP contribution in [0, 0.1) is 0 Å². The summed E-state index contributed by atoms with van der Waals surface area (Å²) in [6.45, 7) is 2.14. The number of piperazine rings is 1. The second kappa shape index (κ2) is 7.92. The predicted octanol–water partition coefficient (Wildman–Crippen LogP) is 4.38. The Labute approximate surface area is 202 Å². The molecule has 0 amide bonds. The van der Waals surface area contributed by atoms with Gasteiger partial charge in [0, 0.05) is 60.6 Å². The maximum Gasteiger partial charge on any atom is 0.164 e. The van der Waals surface area contributed by atoms with E-state index in [2.05, 4.69) is 39.5 Å². The maximum absolute atomic E-state index is 10.2. The van der Waals surface area contributed by atoms with Crippen molar-refractivity contribution in [1.82, 2.24) is 24.9 Å². The van der Waals surface area contributed by atoms with Gasteiger partial charge in [0.25, 0.3) is 0 Å². The van der Waals surface area contributed by atoms with E-state index in [1.807, 2.05) is 41.0 Å². The Balaban J connectivity index is 1.37. The Morgan fingerprint density at radius 2 is 1.74 bits per heavy atom. The van der Waals surface area contributed by atoms with Crippen LogP contribution < -0.4 is 10.2 Å². The van der Waals surface area contributed by atoms with Crippen LogP contribution in [0.4, 0.5) is 5.69 Å². The molecule has 2 aliphatic heterocycles. The predicted molar refractivity (Wildman–Crippen MR) is 136 cm³/mol. The first-order valence-corrected chi connectivity index (χ1v) is 11.9. The van der Waals surface area contributed by atoms with Crippen molar-refractivity contribution in [1.29, 1.82) is 0 Å². The molecular weight excluding hydrogens is 436 g/mol. The van der Waals surface area contributed by atoms with Crippen molar-refractivity contribution in [3.05, 3.63) is 85.3 Å². The Morgan fingerprint density at radius 1 is 0.886 bits per heavy atom. The van der Waals surface area contributed by atoms with Crippen LogP contribution in [0.1, 0.15) is 6.42 Å². The third-order valence-corrected chi connectivity index (χ3v) is 7.16. The number of phenolic OH excluding ortho intramolecular Hbond substituents is 1. The summed E-state index contributed by atoms with van der Waals surface area (Å²) in [6.07, 6.45) is 6.59. The van der Waals surface area contributed by atoms with Crippen molar-refractivity contribution in [2.45, 2.75) is 18.5 Å². The van der Waals surface area contributed by atoms with Gasteiger partial charge < -0.3 is 15.3 Å². The molecule has 2 aliphatic rings. The highest BCUT2D eigenvalue weighted by atomic mass is 16.3. The van der Waals surface area contributed by atoms with Crippen molar-refractivity contribution in [2.75, 3.05) is 18.0 Å². The molecule has 7 nitrogen and oxygen atoms in total. The van der Waals surface area contributed by atoms with Crippen molar-refractivity contribution < 1.29 is 5.11 Å². The Kier molecular flexibility index (Phi) is 4.57. The minimum Gasteiger partial charge on any atom is -0.508 e. The number of hydrogen-bond donors (Lipinski definition) is 2. The average molecular weight is 461 g/mol. The normalized spacial score (nSPS) is 19.0. The third kappa shape index (κ3) is 3.35. The highest BCUT2D eigenvalue weighted by Gasteiger charge is 2.37. The van der Waals surface area contributed by atoms with E-state index in [1.165, 1.54) is 12.1 Å². The number of aromatic nitrogens is 4.